The Morgan fingerprint density at radius 3 is 2.32 bits per heavy atom. The Labute approximate surface area is 120 Å². The van der Waals surface area contributed by atoms with Gasteiger partial charge in [0.1, 0.15) is 0 Å². The van der Waals surface area contributed by atoms with E-state index in [-0.39, 0.29) is 0 Å². The van der Waals surface area contributed by atoms with Gasteiger partial charge < -0.3 is 5.32 Å². The lowest BCUT2D eigenvalue weighted by Crippen LogP contribution is -2.40. The van der Waals surface area contributed by atoms with E-state index in [1.807, 2.05) is 0 Å². The van der Waals surface area contributed by atoms with E-state index in [2.05, 4.69) is 26.1 Å². The van der Waals surface area contributed by atoms with Gasteiger partial charge >= 0.3 is 0 Å². The highest BCUT2D eigenvalue weighted by Crippen LogP contribution is 2.54. The second-order valence-electron chi connectivity index (χ2n) is 7.75. The van der Waals surface area contributed by atoms with E-state index in [1.165, 1.54) is 70.9 Å². The summed E-state index contributed by atoms with van der Waals surface area (Å²) in [6.07, 6.45) is 13.4. The molecular weight excluding hydrogens is 230 g/mol. The zero-order chi connectivity index (χ0) is 13.7. The quantitative estimate of drug-likeness (QED) is 0.650. The minimum Gasteiger partial charge on any atom is -0.316 e. The largest absolute Gasteiger partial charge is 0.316 e. The van der Waals surface area contributed by atoms with E-state index in [1.54, 1.807) is 0 Å². The topological polar surface area (TPSA) is 12.0 Å². The third-order valence-electron chi connectivity index (χ3n) is 5.54. The molecule has 0 saturated heterocycles. The molecule has 1 N–H and O–H groups in total. The molecule has 112 valence electrons. The summed E-state index contributed by atoms with van der Waals surface area (Å²) >= 11 is 0. The molecule has 1 heteroatoms. The summed E-state index contributed by atoms with van der Waals surface area (Å²) in [5.41, 5.74) is 0.692. The zero-order valence-electron chi connectivity index (χ0n) is 13.5. The second kappa shape index (κ2) is 7.11. The van der Waals surface area contributed by atoms with Crippen molar-refractivity contribution in [3.05, 3.63) is 0 Å². The lowest BCUT2D eigenvalue weighted by atomic mass is 9.66. The van der Waals surface area contributed by atoms with E-state index in [4.69, 9.17) is 0 Å². The van der Waals surface area contributed by atoms with Crippen LogP contribution in [0, 0.1) is 23.2 Å². The molecule has 0 atom stereocenters. The molecule has 0 amide bonds. The van der Waals surface area contributed by atoms with E-state index in [0.29, 0.717) is 5.41 Å². The van der Waals surface area contributed by atoms with Gasteiger partial charge in [0.15, 0.2) is 0 Å². The van der Waals surface area contributed by atoms with Crippen molar-refractivity contribution >= 4 is 0 Å². The Morgan fingerprint density at radius 1 is 1.11 bits per heavy atom. The van der Waals surface area contributed by atoms with Crippen molar-refractivity contribution in [3.8, 4) is 0 Å². The van der Waals surface area contributed by atoms with Gasteiger partial charge in [-0.05, 0) is 68.2 Å². The van der Waals surface area contributed by atoms with Gasteiger partial charge in [0.25, 0.3) is 0 Å². The minimum absolute atomic E-state index is 0.692. The van der Waals surface area contributed by atoms with Crippen molar-refractivity contribution in [2.75, 3.05) is 13.1 Å². The van der Waals surface area contributed by atoms with Gasteiger partial charge in [-0.15, -0.1) is 0 Å². The maximum absolute atomic E-state index is 3.77. The van der Waals surface area contributed by atoms with Gasteiger partial charge in [-0.2, -0.15) is 0 Å². The Hall–Kier alpha value is -0.0400. The maximum Gasteiger partial charge on any atom is 0.00106 e. The van der Waals surface area contributed by atoms with Crippen molar-refractivity contribution in [3.63, 3.8) is 0 Å². The van der Waals surface area contributed by atoms with Crippen LogP contribution in [0.4, 0.5) is 0 Å². The number of rotatable bonds is 8. The summed E-state index contributed by atoms with van der Waals surface area (Å²) in [5, 5.41) is 3.77. The highest BCUT2D eigenvalue weighted by Gasteiger charge is 2.46. The third kappa shape index (κ3) is 4.48. The monoisotopic (exact) mass is 265 g/mol. The highest BCUT2D eigenvalue weighted by molar-refractivity contribution is 4.98. The second-order valence-corrected chi connectivity index (χ2v) is 7.75. The molecule has 0 aromatic carbocycles. The summed E-state index contributed by atoms with van der Waals surface area (Å²) in [6, 6.07) is 0. The number of nitrogens with one attached hydrogen (secondary N) is 1. The van der Waals surface area contributed by atoms with Crippen molar-refractivity contribution in [1.29, 1.82) is 0 Å². The molecule has 2 saturated carbocycles. The van der Waals surface area contributed by atoms with E-state index in [9.17, 15) is 0 Å². The van der Waals surface area contributed by atoms with Gasteiger partial charge in [-0.3, -0.25) is 0 Å². The molecule has 0 heterocycles. The lowest BCUT2D eigenvalue weighted by Gasteiger charge is -2.41. The minimum atomic E-state index is 0.692. The number of hydrogen-bond donors (Lipinski definition) is 1. The highest BCUT2D eigenvalue weighted by atomic mass is 14.9. The molecule has 19 heavy (non-hydrogen) atoms. The molecule has 0 spiro atoms. The first-order chi connectivity index (χ1) is 9.16. The van der Waals surface area contributed by atoms with Crippen LogP contribution in [0.2, 0.25) is 0 Å². The Morgan fingerprint density at radius 2 is 1.79 bits per heavy atom. The van der Waals surface area contributed by atoms with Crippen LogP contribution in [-0.4, -0.2) is 13.1 Å². The fourth-order valence-electron chi connectivity index (χ4n) is 4.07. The molecule has 2 aliphatic rings. The third-order valence-corrected chi connectivity index (χ3v) is 5.54. The van der Waals surface area contributed by atoms with Gasteiger partial charge in [-0.1, -0.05) is 40.0 Å². The zero-order valence-corrected chi connectivity index (χ0v) is 13.5. The van der Waals surface area contributed by atoms with Crippen LogP contribution >= 0.6 is 0 Å². The van der Waals surface area contributed by atoms with Gasteiger partial charge in [-0.25, -0.2) is 0 Å². The first-order valence-electron chi connectivity index (χ1n) is 8.87. The number of hydrogen-bond acceptors (Lipinski definition) is 1. The van der Waals surface area contributed by atoms with Crippen LogP contribution in [0.1, 0.15) is 78.6 Å². The first-order valence-corrected chi connectivity index (χ1v) is 8.87. The molecule has 2 fully saturated rings. The molecule has 0 radical (unpaired) electrons. The average Bonchev–Trinajstić information content (AvgIpc) is 3.22. The predicted octanol–water partition coefficient (Wildman–Crippen LogP) is 5.01. The fourth-order valence-corrected chi connectivity index (χ4v) is 4.07. The first kappa shape index (κ1) is 15.4. The van der Waals surface area contributed by atoms with Crippen LogP contribution in [0.25, 0.3) is 0 Å². The summed E-state index contributed by atoms with van der Waals surface area (Å²) in [6.45, 7) is 9.47. The van der Waals surface area contributed by atoms with Crippen LogP contribution in [0.3, 0.4) is 0 Å². The van der Waals surface area contributed by atoms with Gasteiger partial charge in [0, 0.05) is 6.54 Å². The summed E-state index contributed by atoms with van der Waals surface area (Å²) in [4.78, 5) is 0. The van der Waals surface area contributed by atoms with Crippen molar-refractivity contribution < 1.29 is 0 Å². The summed E-state index contributed by atoms with van der Waals surface area (Å²) in [7, 11) is 0. The maximum atomic E-state index is 3.77. The summed E-state index contributed by atoms with van der Waals surface area (Å²) in [5.74, 6) is 2.91. The van der Waals surface area contributed by atoms with Crippen LogP contribution in [0.5, 0.6) is 0 Å². The van der Waals surface area contributed by atoms with Crippen LogP contribution in [-0.2, 0) is 0 Å². The molecule has 0 unspecified atom stereocenters. The molecule has 2 aliphatic carbocycles. The fraction of sp³-hybridized carbons (Fsp3) is 1.00. The van der Waals surface area contributed by atoms with E-state index < -0.39 is 0 Å². The van der Waals surface area contributed by atoms with Crippen molar-refractivity contribution in [1.82, 2.24) is 5.32 Å². The normalized spacial score (nSPS) is 31.9. The molecule has 0 aromatic rings. The van der Waals surface area contributed by atoms with Gasteiger partial charge in [0.2, 0.25) is 0 Å². The molecule has 2 rings (SSSR count). The molecule has 1 nitrogen and oxygen atoms in total. The Kier molecular flexibility index (Phi) is 5.74. The van der Waals surface area contributed by atoms with Crippen molar-refractivity contribution in [2.45, 2.75) is 78.6 Å². The molecule has 0 aliphatic heterocycles. The van der Waals surface area contributed by atoms with E-state index in [0.717, 1.165) is 17.8 Å². The van der Waals surface area contributed by atoms with E-state index >= 15 is 0 Å². The Balaban J connectivity index is 1.78. The summed E-state index contributed by atoms with van der Waals surface area (Å²) < 4.78 is 0. The average molecular weight is 265 g/mol. The predicted molar refractivity (Wildman–Crippen MR) is 84.3 cm³/mol. The van der Waals surface area contributed by atoms with Crippen LogP contribution in [0.15, 0.2) is 0 Å². The lowest BCUT2D eigenvalue weighted by molar-refractivity contribution is 0.112. The molecular formula is C18H35N. The van der Waals surface area contributed by atoms with Crippen molar-refractivity contribution in [2.24, 2.45) is 23.2 Å². The molecule has 0 aromatic heterocycles. The van der Waals surface area contributed by atoms with Gasteiger partial charge in [0.05, 0.1) is 0 Å². The SMILES string of the molecule is CCCCC1CCC(CNCC(C)C)(C2CC2)CC1. The standard InChI is InChI=1S/C18H35N/c1-4-5-6-16-9-11-18(12-10-16,17-7-8-17)14-19-13-15(2)3/h15-17,19H,4-14H2,1-3H3. The number of unbranched alkanes of at least 4 members (excludes halogenated alkanes) is 1. The Bertz CT molecular complexity index is 246. The van der Waals surface area contributed by atoms with Crippen LogP contribution < -0.4 is 5.32 Å². The smallest absolute Gasteiger partial charge is 0.00106 e. The molecule has 0 bridgehead atoms.